The first-order valence-electron chi connectivity index (χ1n) is 9.59. The van der Waals surface area contributed by atoms with E-state index in [1.165, 1.54) is 7.11 Å². The molecule has 2 aromatic rings. The Labute approximate surface area is 181 Å². The molecule has 2 N–H and O–H groups in total. The van der Waals surface area contributed by atoms with Crippen molar-refractivity contribution in [2.75, 3.05) is 13.7 Å². The number of nitrogens with zero attached hydrogens (tertiary/aromatic N) is 2. The molecule has 5 nitrogen and oxygen atoms in total. The van der Waals surface area contributed by atoms with E-state index in [1.807, 2.05) is 55.5 Å². The number of benzene rings is 2. The Kier molecular flexibility index (Phi) is 7.01. The maximum atomic E-state index is 13.3. The minimum absolute atomic E-state index is 0.185. The fraction of sp³-hybridized carbons (Fsp3) is 0.364. The maximum absolute atomic E-state index is 13.3. The Bertz CT molecular complexity index is 906. The number of hydrogen-bond acceptors (Lipinski definition) is 5. The molecule has 0 fully saturated rings. The standard InChI is InChI=1S/C22H26ClN3O2S/c1-15-10-11-18(23)14-19(15)20-25-26(21(27)16(2)28-3)22(29-20,12-7-13-24)17-8-5-4-6-9-17/h4-6,8-11,14,16H,7,12-13,24H2,1-3H3/t16-,22?/m0/s1. The Hall–Kier alpha value is -1.86. The fourth-order valence-electron chi connectivity index (χ4n) is 3.35. The van der Waals surface area contributed by atoms with E-state index in [9.17, 15) is 4.79 Å². The van der Waals surface area contributed by atoms with Crippen LogP contribution in [0.3, 0.4) is 0 Å². The fourth-order valence-corrected chi connectivity index (χ4v) is 5.01. The lowest BCUT2D eigenvalue weighted by Gasteiger charge is -2.36. The van der Waals surface area contributed by atoms with E-state index >= 15 is 0 Å². The van der Waals surface area contributed by atoms with Crippen molar-refractivity contribution in [1.82, 2.24) is 5.01 Å². The van der Waals surface area contributed by atoms with E-state index in [-0.39, 0.29) is 5.91 Å². The average Bonchev–Trinajstić information content (AvgIpc) is 3.14. The van der Waals surface area contributed by atoms with Crippen molar-refractivity contribution in [2.45, 2.75) is 37.7 Å². The number of amides is 1. The molecule has 1 aliphatic rings. The topological polar surface area (TPSA) is 67.9 Å². The molecular weight excluding hydrogens is 406 g/mol. The molecule has 1 unspecified atom stereocenters. The zero-order valence-corrected chi connectivity index (χ0v) is 18.5. The van der Waals surface area contributed by atoms with Gasteiger partial charge in [0.25, 0.3) is 5.91 Å². The van der Waals surface area contributed by atoms with Crippen LogP contribution in [0.4, 0.5) is 0 Å². The summed E-state index contributed by atoms with van der Waals surface area (Å²) in [4.78, 5) is 12.6. The van der Waals surface area contributed by atoms with Gasteiger partial charge < -0.3 is 10.5 Å². The summed E-state index contributed by atoms with van der Waals surface area (Å²) in [6, 6.07) is 15.7. The number of carbonyl (C=O) groups excluding carboxylic acids is 1. The van der Waals surface area contributed by atoms with Gasteiger partial charge in [0, 0.05) is 17.7 Å². The third kappa shape index (κ3) is 4.36. The smallest absolute Gasteiger partial charge is 0.273 e. The van der Waals surface area contributed by atoms with Crippen LogP contribution in [-0.4, -0.2) is 35.7 Å². The van der Waals surface area contributed by atoms with E-state index in [0.717, 1.165) is 28.2 Å². The summed E-state index contributed by atoms with van der Waals surface area (Å²) >= 11 is 7.83. The van der Waals surface area contributed by atoms with Gasteiger partial charge in [-0.1, -0.05) is 59.8 Å². The summed E-state index contributed by atoms with van der Waals surface area (Å²) in [5.41, 5.74) is 8.83. The highest BCUT2D eigenvalue weighted by Gasteiger charge is 2.49. The number of carbonyl (C=O) groups is 1. The second kappa shape index (κ2) is 9.30. The van der Waals surface area contributed by atoms with Gasteiger partial charge in [0.1, 0.15) is 16.0 Å². The van der Waals surface area contributed by atoms with Gasteiger partial charge in [-0.25, -0.2) is 5.01 Å². The van der Waals surface area contributed by atoms with Gasteiger partial charge in [-0.2, -0.15) is 5.10 Å². The van der Waals surface area contributed by atoms with E-state index in [2.05, 4.69) is 0 Å². The van der Waals surface area contributed by atoms with Crippen LogP contribution in [0.5, 0.6) is 0 Å². The van der Waals surface area contributed by atoms with Crippen molar-refractivity contribution < 1.29 is 9.53 Å². The van der Waals surface area contributed by atoms with Gasteiger partial charge in [0.15, 0.2) is 0 Å². The van der Waals surface area contributed by atoms with Crippen LogP contribution in [0.15, 0.2) is 53.6 Å². The Morgan fingerprint density at radius 2 is 2.03 bits per heavy atom. The van der Waals surface area contributed by atoms with Crippen LogP contribution >= 0.6 is 23.4 Å². The number of halogens is 1. The number of thioether (sulfide) groups is 1. The van der Waals surface area contributed by atoms with Crippen molar-refractivity contribution in [3.05, 3.63) is 70.2 Å². The zero-order valence-electron chi connectivity index (χ0n) is 16.9. The minimum Gasteiger partial charge on any atom is -0.372 e. The quantitative estimate of drug-likeness (QED) is 0.700. The normalized spacial score (nSPS) is 19.9. The molecule has 0 radical (unpaired) electrons. The molecule has 2 aromatic carbocycles. The monoisotopic (exact) mass is 431 g/mol. The molecule has 0 aromatic heterocycles. The van der Waals surface area contributed by atoms with Crippen molar-refractivity contribution >= 4 is 34.3 Å². The van der Waals surface area contributed by atoms with E-state index in [0.29, 0.717) is 18.0 Å². The first-order valence-corrected chi connectivity index (χ1v) is 10.8. The van der Waals surface area contributed by atoms with Crippen LogP contribution in [0.2, 0.25) is 5.02 Å². The SMILES string of the molecule is CO[C@@H](C)C(=O)N1N=C(c2cc(Cl)ccc2C)SC1(CCCN)c1ccccc1. The number of aryl methyl sites for hydroxylation is 1. The highest BCUT2D eigenvalue weighted by molar-refractivity contribution is 8.15. The Morgan fingerprint density at radius 3 is 2.69 bits per heavy atom. The van der Waals surface area contributed by atoms with Crippen molar-refractivity contribution in [3.8, 4) is 0 Å². The van der Waals surface area contributed by atoms with E-state index in [1.54, 1.807) is 23.7 Å². The second-order valence-electron chi connectivity index (χ2n) is 7.04. The van der Waals surface area contributed by atoms with Crippen molar-refractivity contribution in [1.29, 1.82) is 0 Å². The first-order chi connectivity index (χ1) is 13.9. The molecule has 29 heavy (non-hydrogen) atoms. The summed E-state index contributed by atoms with van der Waals surface area (Å²) in [5, 5.41) is 7.79. The van der Waals surface area contributed by atoms with Gasteiger partial charge in [-0.3, -0.25) is 4.79 Å². The molecule has 0 aliphatic carbocycles. The molecule has 0 saturated carbocycles. The average molecular weight is 432 g/mol. The first kappa shape index (κ1) is 21.8. The highest BCUT2D eigenvalue weighted by atomic mass is 35.5. The molecule has 0 saturated heterocycles. The predicted molar refractivity (Wildman–Crippen MR) is 120 cm³/mol. The number of nitrogens with two attached hydrogens (primary N) is 1. The van der Waals surface area contributed by atoms with Gasteiger partial charge in [-0.05, 0) is 56.5 Å². The third-order valence-electron chi connectivity index (χ3n) is 5.08. The van der Waals surface area contributed by atoms with Crippen LogP contribution in [0.1, 0.15) is 36.5 Å². The van der Waals surface area contributed by atoms with Crippen LogP contribution in [0, 0.1) is 6.92 Å². The van der Waals surface area contributed by atoms with Gasteiger partial charge in [0.05, 0.1) is 0 Å². The molecular formula is C22H26ClN3O2S. The van der Waals surface area contributed by atoms with Gasteiger partial charge in [0.2, 0.25) is 0 Å². The van der Waals surface area contributed by atoms with Gasteiger partial charge >= 0.3 is 0 Å². The second-order valence-corrected chi connectivity index (χ2v) is 8.74. The van der Waals surface area contributed by atoms with Crippen LogP contribution in [-0.2, 0) is 14.4 Å². The zero-order chi connectivity index (χ0) is 21.0. The summed E-state index contributed by atoms with van der Waals surface area (Å²) in [6.07, 6.45) is 0.817. The van der Waals surface area contributed by atoms with Crippen molar-refractivity contribution in [2.24, 2.45) is 10.8 Å². The van der Waals surface area contributed by atoms with Gasteiger partial charge in [-0.15, -0.1) is 0 Å². The molecule has 0 bridgehead atoms. The summed E-state index contributed by atoms with van der Waals surface area (Å²) in [6.45, 7) is 4.29. The number of methoxy groups -OCH3 is 1. The minimum atomic E-state index is -0.686. The number of hydrazone groups is 1. The lowest BCUT2D eigenvalue weighted by molar-refractivity contribution is -0.144. The summed E-state index contributed by atoms with van der Waals surface area (Å²) < 4.78 is 5.33. The highest BCUT2D eigenvalue weighted by Crippen LogP contribution is 2.51. The molecule has 154 valence electrons. The molecule has 1 heterocycles. The summed E-state index contributed by atoms with van der Waals surface area (Å²) in [5.74, 6) is -0.185. The number of hydrogen-bond donors (Lipinski definition) is 1. The molecule has 1 aliphatic heterocycles. The summed E-state index contributed by atoms with van der Waals surface area (Å²) in [7, 11) is 1.53. The number of rotatable bonds is 7. The molecule has 3 rings (SSSR count). The van der Waals surface area contributed by atoms with E-state index < -0.39 is 11.0 Å². The predicted octanol–water partition coefficient (Wildman–Crippen LogP) is 4.51. The Morgan fingerprint density at radius 1 is 1.31 bits per heavy atom. The molecule has 2 atom stereocenters. The van der Waals surface area contributed by atoms with Crippen LogP contribution in [0.25, 0.3) is 0 Å². The maximum Gasteiger partial charge on any atom is 0.273 e. The van der Waals surface area contributed by atoms with Crippen molar-refractivity contribution in [3.63, 3.8) is 0 Å². The lowest BCUT2D eigenvalue weighted by Crippen LogP contribution is -2.46. The molecule has 1 amide bonds. The third-order valence-corrected chi connectivity index (χ3v) is 6.76. The molecule has 0 spiro atoms. The Balaban J connectivity index is 2.15. The van der Waals surface area contributed by atoms with Crippen LogP contribution < -0.4 is 5.73 Å². The lowest BCUT2D eigenvalue weighted by atomic mass is 10.00. The molecule has 7 heteroatoms. The van der Waals surface area contributed by atoms with E-state index in [4.69, 9.17) is 27.2 Å². The number of ether oxygens (including phenoxy) is 1. The largest absolute Gasteiger partial charge is 0.372 e.